The third kappa shape index (κ3) is 3.91. The van der Waals surface area contributed by atoms with Gasteiger partial charge in [-0.3, -0.25) is 9.69 Å². The third-order valence-corrected chi connectivity index (χ3v) is 5.55. The summed E-state index contributed by atoms with van der Waals surface area (Å²) in [5, 5.41) is 5.46. The van der Waals surface area contributed by atoms with Gasteiger partial charge in [-0.25, -0.2) is 9.97 Å². The molecule has 4 rings (SSSR count). The first-order chi connectivity index (χ1) is 12.2. The molecule has 0 spiro atoms. The number of likely N-dealkylation sites (tertiary alicyclic amines) is 1. The molecule has 1 saturated heterocycles. The van der Waals surface area contributed by atoms with Crippen molar-refractivity contribution in [2.24, 2.45) is 5.92 Å². The molecular weight excluding hydrogens is 402 g/mol. The first-order valence-electron chi connectivity index (χ1n) is 8.23. The van der Waals surface area contributed by atoms with E-state index in [2.05, 4.69) is 42.3 Å². The number of amides is 1. The smallest absolute Gasteiger partial charge is 0.230 e. The van der Waals surface area contributed by atoms with Crippen molar-refractivity contribution in [3.05, 3.63) is 46.3 Å². The quantitative estimate of drug-likeness (QED) is 0.703. The number of nitrogens with zero attached hydrogens (tertiary/aromatic N) is 4. The molecule has 1 aliphatic rings. The maximum atomic E-state index is 12.4. The Morgan fingerprint density at radius 2 is 2.32 bits per heavy atom. The Hall–Kier alpha value is -1.77. The van der Waals surface area contributed by atoms with Crippen LogP contribution in [0.15, 0.2) is 40.6 Å². The van der Waals surface area contributed by atoms with E-state index < -0.39 is 0 Å². The second-order valence-corrected chi connectivity index (χ2v) is 8.06. The minimum atomic E-state index is 0.00354. The standard InChI is InChI=1S/C17H18BrN5OS/c18-13-3-4-15-20-14(11-23(15)9-13)10-22-6-1-2-12(8-22)16(24)21-17-19-5-7-25-17/h3-5,7,9,11-12H,1-2,6,8,10H2,(H,19,21,24). The molecule has 0 saturated carbocycles. The van der Waals surface area contributed by atoms with E-state index in [0.29, 0.717) is 5.13 Å². The molecule has 130 valence electrons. The number of hydrogen-bond acceptors (Lipinski definition) is 5. The highest BCUT2D eigenvalue weighted by molar-refractivity contribution is 9.10. The Balaban J connectivity index is 1.41. The number of pyridine rings is 1. The van der Waals surface area contributed by atoms with E-state index in [0.717, 1.165) is 48.3 Å². The van der Waals surface area contributed by atoms with Crippen molar-refractivity contribution in [3.63, 3.8) is 0 Å². The number of carbonyl (C=O) groups excluding carboxylic acids is 1. The highest BCUT2D eigenvalue weighted by Gasteiger charge is 2.26. The number of halogens is 1. The molecule has 1 N–H and O–H groups in total. The number of nitrogens with one attached hydrogen (secondary N) is 1. The van der Waals surface area contributed by atoms with Gasteiger partial charge in [-0.15, -0.1) is 11.3 Å². The summed E-state index contributed by atoms with van der Waals surface area (Å²) in [5.74, 6) is 0.0717. The van der Waals surface area contributed by atoms with Gasteiger partial charge < -0.3 is 9.72 Å². The van der Waals surface area contributed by atoms with E-state index >= 15 is 0 Å². The van der Waals surface area contributed by atoms with E-state index in [1.807, 2.05) is 28.1 Å². The zero-order chi connectivity index (χ0) is 17.2. The zero-order valence-corrected chi connectivity index (χ0v) is 16.0. The molecule has 1 aliphatic heterocycles. The number of hydrogen-bond donors (Lipinski definition) is 1. The fourth-order valence-corrected chi connectivity index (χ4v) is 4.11. The van der Waals surface area contributed by atoms with Gasteiger partial charge in [-0.2, -0.15) is 0 Å². The zero-order valence-electron chi connectivity index (χ0n) is 13.6. The maximum Gasteiger partial charge on any atom is 0.230 e. The largest absolute Gasteiger partial charge is 0.306 e. The number of anilines is 1. The number of aromatic nitrogens is 3. The topological polar surface area (TPSA) is 62.5 Å². The molecule has 0 radical (unpaired) electrons. The normalized spacial score (nSPS) is 18.5. The van der Waals surface area contributed by atoms with Gasteiger partial charge in [-0.1, -0.05) is 0 Å². The summed E-state index contributed by atoms with van der Waals surface area (Å²) in [6.07, 6.45) is 7.71. The van der Waals surface area contributed by atoms with Crippen LogP contribution in [0.5, 0.6) is 0 Å². The van der Waals surface area contributed by atoms with Gasteiger partial charge >= 0.3 is 0 Å². The summed E-state index contributed by atoms with van der Waals surface area (Å²) >= 11 is 4.93. The summed E-state index contributed by atoms with van der Waals surface area (Å²) in [5.41, 5.74) is 1.97. The van der Waals surface area contributed by atoms with Crippen LogP contribution in [0.4, 0.5) is 5.13 Å². The van der Waals surface area contributed by atoms with Gasteiger partial charge in [0.2, 0.25) is 5.91 Å². The van der Waals surface area contributed by atoms with Crippen molar-refractivity contribution in [1.82, 2.24) is 19.3 Å². The minimum Gasteiger partial charge on any atom is -0.306 e. The van der Waals surface area contributed by atoms with Crippen molar-refractivity contribution in [2.45, 2.75) is 19.4 Å². The second kappa shape index (κ2) is 7.23. The Morgan fingerprint density at radius 3 is 3.16 bits per heavy atom. The molecular formula is C17H18BrN5OS. The van der Waals surface area contributed by atoms with E-state index in [1.165, 1.54) is 11.3 Å². The maximum absolute atomic E-state index is 12.4. The highest BCUT2D eigenvalue weighted by atomic mass is 79.9. The third-order valence-electron chi connectivity index (χ3n) is 4.39. The van der Waals surface area contributed by atoms with Crippen LogP contribution in [0.2, 0.25) is 0 Å². The lowest BCUT2D eigenvalue weighted by atomic mass is 9.97. The van der Waals surface area contributed by atoms with Gasteiger partial charge in [0.1, 0.15) is 5.65 Å². The summed E-state index contributed by atoms with van der Waals surface area (Å²) in [6.45, 7) is 2.52. The van der Waals surface area contributed by atoms with Crippen LogP contribution in [0, 0.1) is 5.92 Å². The van der Waals surface area contributed by atoms with Crippen LogP contribution in [0.25, 0.3) is 5.65 Å². The monoisotopic (exact) mass is 419 g/mol. The SMILES string of the molecule is O=C(Nc1nccs1)C1CCCN(Cc2cn3cc(Br)ccc3n2)C1. The number of imidazole rings is 1. The molecule has 1 fully saturated rings. The minimum absolute atomic E-state index is 0.00354. The fraction of sp³-hybridized carbons (Fsp3) is 0.353. The molecule has 25 heavy (non-hydrogen) atoms. The van der Waals surface area contributed by atoms with Crippen molar-refractivity contribution in [2.75, 3.05) is 18.4 Å². The lowest BCUT2D eigenvalue weighted by Gasteiger charge is -2.31. The predicted molar refractivity (Wildman–Crippen MR) is 102 cm³/mol. The average Bonchev–Trinajstić information content (AvgIpc) is 3.24. The molecule has 6 nitrogen and oxygen atoms in total. The molecule has 1 atom stereocenters. The van der Waals surface area contributed by atoms with Crippen LogP contribution < -0.4 is 5.32 Å². The molecule has 1 amide bonds. The van der Waals surface area contributed by atoms with E-state index in [-0.39, 0.29) is 11.8 Å². The Kier molecular flexibility index (Phi) is 4.82. The fourth-order valence-electron chi connectivity index (χ4n) is 3.23. The van der Waals surface area contributed by atoms with Crippen molar-refractivity contribution >= 4 is 44.0 Å². The van der Waals surface area contributed by atoms with E-state index in [1.54, 1.807) is 6.20 Å². The number of thiazole rings is 1. The first kappa shape index (κ1) is 16.7. The van der Waals surface area contributed by atoms with E-state index in [9.17, 15) is 4.79 Å². The number of piperidine rings is 1. The van der Waals surface area contributed by atoms with Crippen LogP contribution in [-0.2, 0) is 11.3 Å². The molecule has 1 unspecified atom stereocenters. The Labute approximate surface area is 158 Å². The number of carbonyl (C=O) groups is 1. The average molecular weight is 420 g/mol. The van der Waals surface area contributed by atoms with Crippen LogP contribution >= 0.6 is 27.3 Å². The molecule has 3 aromatic heterocycles. The molecule has 0 aromatic carbocycles. The van der Waals surface area contributed by atoms with Gasteiger partial charge in [0.05, 0.1) is 11.6 Å². The van der Waals surface area contributed by atoms with Crippen molar-refractivity contribution in [3.8, 4) is 0 Å². The molecule has 0 bridgehead atoms. The highest BCUT2D eigenvalue weighted by Crippen LogP contribution is 2.21. The summed E-state index contributed by atoms with van der Waals surface area (Å²) in [7, 11) is 0. The molecule has 4 heterocycles. The summed E-state index contributed by atoms with van der Waals surface area (Å²) < 4.78 is 3.05. The molecule has 3 aromatic rings. The predicted octanol–water partition coefficient (Wildman–Crippen LogP) is 3.40. The molecule has 0 aliphatic carbocycles. The van der Waals surface area contributed by atoms with Gasteiger partial charge in [0.15, 0.2) is 5.13 Å². The lowest BCUT2D eigenvalue weighted by Crippen LogP contribution is -2.40. The van der Waals surface area contributed by atoms with Crippen LogP contribution in [0.1, 0.15) is 18.5 Å². The summed E-state index contributed by atoms with van der Waals surface area (Å²) in [6, 6.07) is 3.99. The number of rotatable bonds is 4. The van der Waals surface area contributed by atoms with Gasteiger partial charge in [0.25, 0.3) is 0 Å². The van der Waals surface area contributed by atoms with Gasteiger partial charge in [-0.05, 0) is 47.4 Å². The van der Waals surface area contributed by atoms with Crippen LogP contribution in [0.3, 0.4) is 0 Å². The number of fused-ring (bicyclic) bond motifs is 1. The van der Waals surface area contributed by atoms with Crippen molar-refractivity contribution < 1.29 is 4.79 Å². The lowest BCUT2D eigenvalue weighted by molar-refractivity contribution is -0.121. The second-order valence-electron chi connectivity index (χ2n) is 6.25. The molecule has 8 heteroatoms. The first-order valence-corrected chi connectivity index (χ1v) is 9.90. The van der Waals surface area contributed by atoms with Crippen LogP contribution in [-0.4, -0.2) is 38.3 Å². The summed E-state index contributed by atoms with van der Waals surface area (Å²) in [4.78, 5) is 23.6. The Bertz CT molecular complexity index is 878. The van der Waals surface area contributed by atoms with Gasteiger partial charge in [0, 0.05) is 41.5 Å². The van der Waals surface area contributed by atoms with E-state index in [4.69, 9.17) is 0 Å². The Morgan fingerprint density at radius 1 is 1.40 bits per heavy atom. The van der Waals surface area contributed by atoms with Crippen molar-refractivity contribution in [1.29, 1.82) is 0 Å².